The molecule has 0 saturated heterocycles. The molecule has 11 aromatic carbocycles. The molecule has 2 nitrogen and oxygen atoms in total. The lowest BCUT2D eigenvalue weighted by Gasteiger charge is -2.40. The van der Waals surface area contributed by atoms with Crippen molar-refractivity contribution in [3.63, 3.8) is 0 Å². The van der Waals surface area contributed by atoms with Crippen molar-refractivity contribution < 1.29 is 0 Å². The van der Waals surface area contributed by atoms with Crippen LogP contribution in [0.25, 0.3) is 60.9 Å². The highest BCUT2D eigenvalue weighted by atomic mass is 15.1. The average Bonchev–Trinajstić information content (AvgIpc) is 4.12. The number of rotatable bonds is 5. The molecule has 2 heteroatoms. The summed E-state index contributed by atoms with van der Waals surface area (Å²) in [5.74, 6) is 0. The van der Waals surface area contributed by atoms with Crippen LogP contribution >= 0.6 is 0 Å². The van der Waals surface area contributed by atoms with Crippen molar-refractivity contribution in [1.82, 2.24) is 4.57 Å². The molecule has 2 heterocycles. The van der Waals surface area contributed by atoms with Gasteiger partial charge in [-0.3, -0.25) is 0 Å². The first-order valence-corrected chi connectivity index (χ1v) is 25.8. The minimum atomic E-state index is -0.592. The average molecular weight is 929 g/mol. The third-order valence-electron chi connectivity index (χ3n) is 17.4. The number of fused-ring (bicyclic) bond motifs is 18. The standard InChI is InChI=1S/C71H48N2/c1-69(2)58-30-14-9-25-50(58)54-39-37-47(42-63(54)69)72(48-38-40-55-53-28-10-15-31-59(53)70(64(55)43-48,45-21-5-3-6-22-45)46-23-7-4-8-24-46)49-41-57-56-29-13-19-35-66(56)73-67-36-20-18-34-62(67)71(65(44-49)68(57)73)60-32-16-11-26-51(60)52-27-12-17-33-61(52)71/h3-44H,1-2H3. The lowest BCUT2D eigenvalue weighted by atomic mass is 9.65. The highest BCUT2D eigenvalue weighted by Crippen LogP contribution is 2.63. The summed E-state index contributed by atoms with van der Waals surface area (Å²) in [5.41, 5.74) is 26.6. The van der Waals surface area contributed by atoms with E-state index in [9.17, 15) is 0 Å². The normalized spacial score (nSPS) is 15.0. The van der Waals surface area contributed by atoms with E-state index >= 15 is 0 Å². The summed E-state index contributed by atoms with van der Waals surface area (Å²) in [6.07, 6.45) is 0. The molecule has 0 bridgehead atoms. The van der Waals surface area contributed by atoms with Crippen molar-refractivity contribution in [2.24, 2.45) is 0 Å². The van der Waals surface area contributed by atoms with Crippen molar-refractivity contribution in [2.45, 2.75) is 30.1 Å². The van der Waals surface area contributed by atoms with E-state index in [1.807, 2.05) is 0 Å². The van der Waals surface area contributed by atoms with Gasteiger partial charge in [-0.25, -0.2) is 0 Å². The van der Waals surface area contributed by atoms with Crippen LogP contribution in [0.15, 0.2) is 255 Å². The molecule has 73 heavy (non-hydrogen) atoms. The molecule has 0 radical (unpaired) electrons. The van der Waals surface area contributed by atoms with E-state index in [1.165, 1.54) is 117 Å². The lowest BCUT2D eigenvalue weighted by Crippen LogP contribution is -2.33. The Hall–Kier alpha value is -8.98. The summed E-state index contributed by atoms with van der Waals surface area (Å²) in [4.78, 5) is 2.59. The minimum Gasteiger partial charge on any atom is -0.310 e. The summed E-state index contributed by atoms with van der Waals surface area (Å²) in [5, 5.41) is 2.49. The van der Waals surface area contributed by atoms with Gasteiger partial charge < -0.3 is 9.47 Å². The van der Waals surface area contributed by atoms with Gasteiger partial charge in [0.05, 0.1) is 27.6 Å². The molecule has 0 fully saturated rings. The Kier molecular flexibility index (Phi) is 8.12. The summed E-state index contributed by atoms with van der Waals surface area (Å²) < 4.78 is 2.56. The largest absolute Gasteiger partial charge is 0.310 e. The van der Waals surface area contributed by atoms with Crippen molar-refractivity contribution in [2.75, 3.05) is 4.90 Å². The topological polar surface area (TPSA) is 8.17 Å². The second-order valence-corrected chi connectivity index (χ2v) is 21.1. The first-order chi connectivity index (χ1) is 36.0. The first-order valence-electron chi connectivity index (χ1n) is 25.8. The van der Waals surface area contributed by atoms with Crippen molar-refractivity contribution in [3.05, 3.63) is 310 Å². The molecule has 3 aliphatic carbocycles. The van der Waals surface area contributed by atoms with Gasteiger partial charge >= 0.3 is 0 Å². The number of hydrogen-bond acceptors (Lipinski definition) is 1. The van der Waals surface area contributed by atoms with Crippen LogP contribution in [0.4, 0.5) is 17.1 Å². The Morgan fingerprint density at radius 3 is 1.36 bits per heavy atom. The van der Waals surface area contributed by atoms with Gasteiger partial charge in [-0.05, 0) is 138 Å². The zero-order valence-corrected chi connectivity index (χ0v) is 40.6. The molecule has 16 rings (SSSR count). The molecular formula is C71H48N2. The molecule has 1 aromatic heterocycles. The second kappa shape index (κ2) is 14.6. The molecule has 1 aliphatic heterocycles. The van der Waals surface area contributed by atoms with Crippen molar-refractivity contribution in [1.29, 1.82) is 0 Å². The highest BCUT2D eigenvalue weighted by molar-refractivity contribution is 6.14. The third kappa shape index (κ3) is 5.08. The maximum atomic E-state index is 2.59. The Balaban J connectivity index is 1.04. The van der Waals surface area contributed by atoms with Gasteiger partial charge in [0.1, 0.15) is 0 Å². The van der Waals surface area contributed by atoms with Crippen LogP contribution < -0.4 is 4.90 Å². The van der Waals surface area contributed by atoms with E-state index in [1.54, 1.807) is 0 Å². The van der Waals surface area contributed by atoms with E-state index < -0.39 is 10.8 Å². The zero-order chi connectivity index (χ0) is 48.2. The second-order valence-electron chi connectivity index (χ2n) is 21.1. The maximum Gasteiger partial charge on any atom is 0.0755 e. The predicted octanol–water partition coefficient (Wildman–Crippen LogP) is 17.6. The summed E-state index contributed by atoms with van der Waals surface area (Å²) >= 11 is 0. The smallest absolute Gasteiger partial charge is 0.0755 e. The van der Waals surface area contributed by atoms with Crippen molar-refractivity contribution in [3.8, 4) is 39.1 Å². The van der Waals surface area contributed by atoms with E-state index in [0.717, 1.165) is 17.1 Å². The van der Waals surface area contributed by atoms with Crippen molar-refractivity contribution >= 4 is 38.9 Å². The number of anilines is 3. The van der Waals surface area contributed by atoms with Gasteiger partial charge in [-0.1, -0.05) is 220 Å². The lowest BCUT2D eigenvalue weighted by molar-refractivity contribution is 0.660. The zero-order valence-electron chi connectivity index (χ0n) is 40.6. The number of para-hydroxylation sites is 2. The van der Waals surface area contributed by atoms with Gasteiger partial charge in [0.25, 0.3) is 0 Å². The van der Waals surface area contributed by atoms with E-state index in [4.69, 9.17) is 0 Å². The van der Waals surface area contributed by atoms with Crippen LogP contribution in [0, 0.1) is 0 Å². The van der Waals surface area contributed by atoms with Crippen LogP contribution in [-0.4, -0.2) is 4.57 Å². The quantitative estimate of drug-likeness (QED) is 0.167. The molecular weight excluding hydrogens is 881 g/mol. The highest BCUT2D eigenvalue weighted by Gasteiger charge is 2.52. The molecule has 0 N–H and O–H groups in total. The molecule has 1 spiro atoms. The molecule has 12 aromatic rings. The van der Waals surface area contributed by atoms with Crippen LogP contribution in [0.3, 0.4) is 0 Å². The Morgan fingerprint density at radius 1 is 0.301 bits per heavy atom. The van der Waals surface area contributed by atoms with Crippen LogP contribution in [-0.2, 0) is 16.2 Å². The fraction of sp³-hybridized carbons (Fsp3) is 0.0704. The Morgan fingerprint density at radius 2 is 0.740 bits per heavy atom. The molecule has 342 valence electrons. The minimum absolute atomic E-state index is 0.197. The summed E-state index contributed by atoms with van der Waals surface area (Å²) in [6.45, 7) is 4.79. The van der Waals surface area contributed by atoms with Crippen LogP contribution in [0.5, 0.6) is 0 Å². The van der Waals surface area contributed by atoms with E-state index in [0.29, 0.717) is 0 Å². The molecule has 0 amide bonds. The summed E-state index contributed by atoms with van der Waals surface area (Å²) in [6, 6.07) is 96.8. The Labute approximate surface area is 425 Å². The molecule has 0 saturated carbocycles. The monoisotopic (exact) mass is 928 g/mol. The fourth-order valence-corrected chi connectivity index (χ4v) is 14.5. The number of benzene rings is 11. The molecule has 0 unspecified atom stereocenters. The van der Waals surface area contributed by atoms with Gasteiger partial charge in [0.2, 0.25) is 0 Å². The van der Waals surface area contributed by atoms with Gasteiger partial charge in [0.15, 0.2) is 0 Å². The molecule has 0 atom stereocenters. The SMILES string of the molecule is CC1(C)c2ccccc2-c2ccc(N(c3ccc4c(c3)C(c3ccccc3)(c3ccccc3)c3ccccc3-4)c3cc4c5c(c3)c3ccccc3n5-c3ccccc3C43c4ccccc4-c4ccccc43)cc21. The van der Waals surface area contributed by atoms with E-state index in [-0.39, 0.29) is 5.41 Å². The summed E-state index contributed by atoms with van der Waals surface area (Å²) in [7, 11) is 0. The number of aromatic nitrogens is 1. The van der Waals surface area contributed by atoms with Gasteiger partial charge in [0, 0.05) is 33.2 Å². The fourth-order valence-electron chi connectivity index (χ4n) is 14.5. The van der Waals surface area contributed by atoms with E-state index in [2.05, 4.69) is 278 Å². The third-order valence-corrected chi connectivity index (χ3v) is 17.4. The Bertz CT molecular complexity index is 4220. The number of hydrogen-bond donors (Lipinski definition) is 0. The van der Waals surface area contributed by atoms with Crippen LogP contribution in [0.1, 0.15) is 69.5 Å². The first kappa shape index (κ1) is 40.7. The maximum absolute atomic E-state index is 2.59. The van der Waals surface area contributed by atoms with Crippen LogP contribution in [0.2, 0.25) is 0 Å². The molecule has 4 aliphatic rings. The van der Waals surface area contributed by atoms with Gasteiger partial charge in [-0.15, -0.1) is 0 Å². The number of nitrogens with zero attached hydrogens (tertiary/aromatic N) is 2. The van der Waals surface area contributed by atoms with Gasteiger partial charge in [-0.2, -0.15) is 0 Å². The predicted molar refractivity (Wildman–Crippen MR) is 301 cm³/mol.